The van der Waals surface area contributed by atoms with Crippen molar-refractivity contribution in [3.8, 4) is 6.07 Å². The summed E-state index contributed by atoms with van der Waals surface area (Å²) in [6, 6.07) is 6.74. The first kappa shape index (κ1) is 14.5. The number of nitrogens with one attached hydrogen (secondary N) is 2. The number of nitriles is 1. The number of anilines is 1. The summed E-state index contributed by atoms with van der Waals surface area (Å²) in [6.45, 7) is 6.15. The monoisotopic (exact) mass is 265 g/mol. The van der Waals surface area contributed by atoms with Crippen molar-refractivity contribution < 1.29 is 4.79 Å². The van der Waals surface area contributed by atoms with Crippen LogP contribution in [0.5, 0.6) is 0 Å². The van der Waals surface area contributed by atoms with E-state index in [2.05, 4.69) is 10.6 Å². The van der Waals surface area contributed by atoms with Gasteiger partial charge in [0.25, 0.3) is 0 Å². The summed E-state index contributed by atoms with van der Waals surface area (Å²) in [7, 11) is 0. The van der Waals surface area contributed by atoms with Crippen LogP contribution in [0.2, 0.25) is 5.02 Å². The van der Waals surface area contributed by atoms with E-state index in [9.17, 15) is 4.79 Å². The van der Waals surface area contributed by atoms with Crippen LogP contribution in [0, 0.1) is 11.3 Å². The van der Waals surface area contributed by atoms with Crippen LogP contribution >= 0.6 is 11.6 Å². The van der Waals surface area contributed by atoms with E-state index < -0.39 is 0 Å². The zero-order valence-corrected chi connectivity index (χ0v) is 11.4. The van der Waals surface area contributed by atoms with Gasteiger partial charge in [0.05, 0.1) is 28.9 Å². The number of carbonyl (C=O) groups excluding carboxylic acids is 1. The molecule has 0 saturated carbocycles. The van der Waals surface area contributed by atoms with Crippen LogP contribution in [0.25, 0.3) is 0 Å². The highest BCUT2D eigenvalue weighted by atomic mass is 35.5. The predicted octanol–water partition coefficient (Wildman–Crippen LogP) is 2.54. The number of hydrogen-bond acceptors (Lipinski definition) is 3. The zero-order chi connectivity index (χ0) is 13.8. The lowest BCUT2D eigenvalue weighted by molar-refractivity contribution is -0.115. The van der Waals surface area contributed by atoms with E-state index in [1.807, 2.05) is 26.8 Å². The SMILES string of the molecule is CC(C)(C)NCC(=O)Nc1ccc(C#N)cc1Cl. The number of halogens is 1. The molecule has 0 heterocycles. The second-order valence-electron chi connectivity index (χ2n) is 4.96. The van der Waals surface area contributed by atoms with Gasteiger partial charge in [-0.2, -0.15) is 5.26 Å². The van der Waals surface area contributed by atoms with Gasteiger partial charge in [0, 0.05) is 5.54 Å². The van der Waals surface area contributed by atoms with Gasteiger partial charge in [-0.15, -0.1) is 0 Å². The van der Waals surface area contributed by atoms with E-state index in [1.54, 1.807) is 12.1 Å². The van der Waals surface area contributed by atoms with Crippen molar-refractivity contribution in [3.05, 3.63) is 28.8 Å². The number of hydrogen-bond donors (Lipinski definition) is 2. The minimum absolute atomic E-state index is 0.119. The molecule has 96 valence electrons. The van der Waals surface area contributed by atoms with Crippen molar-refractivity contribution in [3.63, 3.8) is 0 Å². The Kier molecular flexibility index (Phi) is 4.71. The molecular weight excluding hydrogens is 250 g/mol. The van der Waals surface area contributed by atoms with Crippen LogP contribution < -0.4 is 10.6 Å². The highest BCUT2D eigenvalue weighted by Crippen LogP contribution is 2.22. The molecule has 0 aliphatic carbocycles. The summed E-state index contributed by atoms with van der Waals surface area (Å²) in [4.78, 5) is 11.7. The normalized spacial score (nSPS) is 10.8. The Labute approximate surface area is 112 Å². The third kappa shape index (κ3) is 4.74. The molecule has 18 heavy (non-hydrogen) atoms. The van der Waals surface area contributed by atoms with Gasteiger partial charge in [0.1, 0.15) is 0 Å². The smallest absolute Gasteiger partial charge is 0.238 e. The first-order chi connectivity index (χ1) is 8.31. The molecule has 0 aliphatic heterocycles. The van der Waals surface area contributed by atoms with E-state index in [4.69, 9.17) is 16.9 Å². The molecule has 2 N–H and O–H groups in total. The van der Waals surface area contributed by atoms with Crippen molar-refractivity contribution in [2.75, 3.05) is 11.9 Å². The molecule has 0 saturated heterocycles. The predicted molar refractivity (Wildman–Crippen MR) is 72.6 cm³/mol. The Bertz CT molecular complexity index is 486. The third-order valence-corrected chi connectivity index (χ3v) is 2.46. The molecule has 0 radical (unpaired) electrons. The van der Waals surface area contributed by atoms with Crippen molar-refractivity contribution in [2.45, 2.75) is 26.3 Å². The molecule has 1 aromatic rings. The van der Waals surface area contributed by atoms with Crippen molar-refractivity contribution in [1.82, 2.24) is 5.32 Å². The Balaban J connectivity index is 2.63. The van der Waals surface area contributed by atoms with Gasteiger partial charge in [-0.25, -0.2) is 0 Å². The van der Waals surface area contributed by atoms with Crippen molar-refractivity contribution in [1.29, 1.82) is 5.26 Å². The van der Waals surface area contributed by atoms with Gasteiger partial charge < -0.3 is 10.6 Å². The van der Waals surface area contributed by atoms with Gasteiger partial charge >= 0.3 is 0 Å². The van der Waals surface area contributed by atoms with Gasteiger partial charge in [0.15, 0.2) is 0 Å². The summed E-state index contributed by atoms with van der Waals surface area (Å²) >= 11 is 5.96. The van der Waals surface area contributed by atoms with Crippen LogP contribution in [-0.4, -0.2) is 18.0 Å². The lowest BCUT2D eigenvalue weighted by Crippen LogP contribution is -2.41. The summed E-state index contributed by atoms with van der Waals surface area (Å²) in [5.74, 6) is -0.170. The Morgan fingerprint density at radius 3 is 2.61 bits per heavy atom. The maximum atomic E-state index is 11.7. The standard InChI is InChI=1S/C13H16ClN3O/c1-13(2,3)16-8-12(18)17-11-5-4-9(7-15)6-10(11)14/h4-6,16H,8H2,1-3H3,(H,17,18). The lowest BCUT2D eigenvalue weighted by atomic mass is 10.1. The fourth-order valence-corrected chi connectivity index (χ4v) is 1.45. The van der Waals surface area contributed by atoms with Crippen molar-refractivity contribution in [2.24, 2.45) is 0 Å². The summed E-state index contributed by atoms with van der Waals surface area (Å²) < 4.78 is 0. The molecule has 0 aliphatic rings. The van der Waals surface area contributed by atoms with E-state index in [1.165, 1.54) is 6.07 Å². The Hall–Kier alpha value is -1.57. The average Bonchev–Trinajstić information content (AvgIpc) is 2.28. The van der Waals surface area contributed by atoms with E-state index in [0.717, 1.165) is 0 Å². The highest BCUT2D eigenvalue weighted by Gasteiger charge is 2.12. The van der Waals surface area contributed by atoms with E-state index in [-0.39, 0.29) is 18.0 Å². The molecule has 5 heteroatoms. The zero-order valence-electron chi connectivity index (χ0n) is 10.7. The van der Waals surface area contributed by atoms with Crippen LogP contribution in [0.15, 0.2) is 18.2 Å². The molecule has 0 unspecified atom stereocenters. The third-order valence-electron chi connectivity index (χ3n) is 2.15. The number of amides is 1. The average molecular weight is 266 g/mol. The van der Waals surface area contributed by atoms with E-state index >= 15 is 0 Å². The molecular formula is C13H16ClN3O. The molecule has 0 spiro atoms. The minimum Gasteiger partial charge on any atom is -0.324 e. The second-order valence-corrected chi connectivity index (χ2v) is 5.37. The molecule has 1 aromatic carbocycles. The first-order valence-corrected chi connectivity index (χ1v) is 5.94. The quantitative estimate of drug-likeness (QED) is 0.883. The molecule has 0 aromatic heterocycles. The first-order valence-electron chi connectivity index (χ1n) is 5.56. The lowest BCUT2D eigenvalue weighted by Gasteiger charge is -2.20. The number of carbonyl (C=O) groups is 1. The minimum atomic E-state index is -0.170. The van der Waals surface area contributed by atoms with Gasteiger partial charge in [-0.3, -0.25) is 4.79 Å². The fraction of sp³-hybridized carbons (Fsp3) is 0.385. The van der Waals surface area contributed by atoms with Gasteiger partial charge in [-0.1, -0.05) is 11.6 Å². The largest absolute Gasteiger partial charge is 0.324 e. The Morgan fingerprint density at radius 1 is 1.44 bits per heavy atom. The molecule has 0 fully saturated rings. The fourth-order valence-electron chi connectivity index (χ4n) is 1.23. The molecule has 1 amide bonds. The van der Waals surface area contributed by atoms with Crippen molar-refractivity contribution >= 4 is 23.2 Å². The number of benzene rings is 1. The highest BCUT2D eigenvalue weighted by molar-refractivity contribution is 6.33. The van der Waals surface area contributed by atoms with Crippen LogP contribution in [0.1, 0.15) is 26.3 Å². The maximum absolute atomic E-state index is 11.7. The van der Waals surface area contributed by atoms with Crippen LogP contribution in [0.3, 0.4) is 0 Å². The molecule has 4 nitrogen and oxygen atoms in total. The van der Waals surface area contributed by atoms with Gasteiger partial charge in [-0.05, 0) is 39.0 Å². The Morgan fingerprint density at radius 2 is 2.11 bits per heavy atom. The second kappa shape index (κ2) is 5.85. The van der Waals surface area contributed by atoms with Crippen LogP contribution in [0.4, 0.5) is 5.69 Å². The van der Waals surface area contributed by atoms with Gasteiger partial charge in [0.2, 0.25) is 5.91 Å². The molecule has 0 bridgehead atoms. The molecule has 0 atom stereocenters. The number of nitrogens with zero attached hydrogens (tertiary/aromatic N) is 1. The summed E-state index contributed by atoms with van der Waals surface area (Å²) in [5.41, 5.74) is 0.855. The number of rotatable bonds is 3. The molecule has 1 rings (SSSR count). The van der Waals surface area contributed by atoms with Crippen LogP contribution in [-0.2, 0) is 4.79 Å². The maximum Gasteiger partial charge on any atom is 0.238 e. The topological polar surface area (TPSA) is 64.9 Å². The summed E-state index contributed by atoms with van der Waals surface area (Å²) in [5, 5.41) is 14.8. The summed E-state index contributed by atoms with van der Waals surface area (Å²) in [6.07, 6.45) is 0. The van der Waals surface area contributed by atoms with E-state index in [0.29, 0.717) is 16.3 Å².